The van der Waals surface area contributed by atoms with E-state index >= 15 is 0 Å². The van der Waals surface area contributed by atoms with Gasteiger partial charge in [-0.1, -0.05) is 43.6 Å². The van der Waals surface area contributed by atoms with Crippen LogP contribution in [0.15, 0.2) is 24.3 Å². The lowest BCUT2D eigenvalue weighted by atomic mass is 10.1. The Morgan fingerprint density at radius 1 is 1.42 bits per heavy atom. The fourth-order valence-corrected chi connectivity index (χ4v) is 3.38. The second-order valence-electron chi connectivity index (χ2n) is 6.57. The molecular weight excluding hydrogens is 326 g/mol. The van der Waals surface area contributed by atoms with Crippen LogP contribution in [0.2, 0.25) is 5.02 Å². The van der Waals surface area contributed by atoms with E-state index in [0.717, 1.165) is 23.6 Å². The third kappa shape index (κ3) is 5.45. The first kappa shape index (κ1) is 19.2. The van der Waals surface area contributed by atoms with E-state index in [2.05, 4.69) is 29.4 Å². The van der Waals surface area contributed by atoms with Gasteiger partial charge in [-0.25, -0.2) is 0 Å². The van der Waals surface area contributed by atoms with E-state index in [0.29, 0.717) is 31.8 Å². The normalized spacial score (nSPS) is 21.4. The Morgan fingerprint density at radius 3 is 2.83 bits per heavy atom. The molecule has 1 saturated heterocycles. The van der Waals surface area contributed by atoms with Crippen LogP contribution in [0.5, 0.6) is 0 Å². The summed E-state index contributed by atoms with van der Waals surface area (Å²) in [7, 11) is 1.63. The number of carbonyl (C=O) groups excluding carboxylic acids is 1. The van der Waals surface area contributed by atoms with Gasteiger partial charge < -0.3 is 15.4 Å². The summed E-state index contributed by atoms with van der Waals surface area (Å²) in [5, 5.41) is 7.25. The Bertz CT molecular complexity index is 539. The molecule has 0 radical (unpaired) electrons. The van der Waals surface area contributed by atoms with E-state index in [4.69, 9.17) is 16.3 Å². The van der Waals surface area contributed by atoms with Crippen LogP contribution in [0.3, 0.4) is 0 Å². The molecule has 5 nitrogen and oxygen atoms in total. The average molecular weight is 354 g/mol. The Labute approximate surface area is 149 Å². The van der Waals surface area contributed by atoms with Crippen LogP contribution in [0.25, 0.3) is 0 Å². The molecule has 0 unspecified atom stereocenters. The molecular formula is C18H28ClN3O2. The van der Waals surface area contributed by atoms with Crippen molar-refractivity contribution in [1.82, 2.24) is 15.5 Å². The second kappa shape index (κ2) is 9.37. The molecule has 1 aromatic carbocycles. The summed E-state index contributed by atoms with van der Waals surface area (Å²) in [5.41, 5.74) is 1.05. The van der Waals surface area contributed by atoms with Crippen molar-refractivity contribution in [3.63, 3.8) is 0 Å². The van der Waals surface area contributed by atoms with Gasteiger partial charge in [0.2, 0.25) is 5.91 Å². The number of carbonyl (C=O) groups is 1. The molecule has 24 heavy (non-hydrogen) atoms. The molecule has 6 heteroatoms. The van der Waals surface area contributed by atoms with Gasteiger partial charge in [-0.15, -0.1) is 0 Å². The van der Waals surface area contributed by atoms with Gasteiger partial charge in [-0.2, -0.15) is 0 Å². The van der Waals surface area contributed by atoms with E-state index in [1.165, 1.54) is 0 Å². The smallest absolute Gasteiger partial charge is 0.237 e. The quantitative estimate of drug-likeness (QED) is 0.702. The number of hydrogen-bond donors (Lipinski definition) is 2. The van der Waals surface area contributed by atoms with E-state index in [1.54, 1.807) is 7.11 Å². The van der Waals surface area contributed by atoms with Gasteiger partial charge in [-0.3, -0.25) is 9.69 Å². The third-order valence-electron chi connectivity index (χ3n) is 4.21. The summed E-state index contributed by atoms with van der Waals surface area (Å²) >= 11 is 6.29. The van der Waals surface area contributed by atoms with Crippen molar-refractivity contribution in [2.24, 2.45) is 0 Å². The summed E-state index contributed by atoms with van der Waals surface area (Å²) in [6.45, 7) is 6.84. The molecule has 1 fully saturated rings. The first-order chi connectivity index (χ1) is 11.5. The summed E-state index contributed by atoms with van der Waals surface area (Å²) in [4.78, 5) is 14.8. The molecule has 0 saturated carbocycles. The Morgan fingerprint density at radius 2 is 2.17 bits per heavy atom. The highest BCUT2D eigenvalue weighted by Crippen LogP contribution is 2.24. The lowest BCUT2D eigenvalue weighted by molar-refractivity contribution is -0.125. The van der Waals surface area contributed by atoms with E-state index < -0.39 is 0 Å². The number of hydrogen-bond acceptors (Lipinski definition) is 4. The summed E-state index contributed by atoms with van der Waals surface area (Å²) < 4.78 is 5.01. The zero-order chi connectivity index (χ0) is 17.5. The van der Waals surface area contributed by atoms with Crippen LogP contribution < -0.4 is 10.6 Å². The predicted octanol–water partition coefficient (Wildman–Crippen LogP) is 2.04. The number of methoxy groups -OCH3 is 1. The molecule has 1 aliphatic heterocycles. The van der Waals surface area contributed by atoms with Gasteiger partial charge in [0.15, 0.2) is 0 Å². The Kier molecular flexibility index (Phi) is 7.49. The van der Waals surface area contributed by atoms with Crippen LogP contribution in [0.1, 0.15) is 25.8 Å². The minimum absolute atomic E-state index is 0.0622. The number of benzene rings is 1. The van der Waals surface area contributed by atoms with Crippen molar-refractivity contribution in [2.45, 2.75) is 44.9 Å². The monoisotopic (exact) mass is 353 g/mol. The van der Waals surface area contributed by atoms with Crippen LogP contribution in [0.4, 0.5) is 0 Å². The van der Waals surface area contributed by atoms with Gasteiger partial charge in [0.05, 0.1) is 12.6 Å². The lowest BCUT2D eigenvalue weighted by Crippen LogP contribution is -2.43. The molecule has 134 valence electrons. The summed E-state index contributed by atoms with van der Waals surface area (Å²) in [6, 6.07) is 8.38. The van der Waals surface area contributed by atoms with Crippen LogP contribution in [-0.2, 0) is 16.1 Å². The maximum absolute atomic E-state index is 12.6. The number of likely N-dealkylation sites (tertiary alicyclic amines) is 1. The minimum Gasteiger partial charge on any atom is -0.383 e. The number of nitrogens with zero attached hydrogens (tertiary/aromatic N) is 1. The fourth-order valence-electron chi connectivity index (χ4n) is 3.18. The van der Waals surface area contributed by atoms with Crippen molar-refractivity contribution in [2.75, 3.05) is 26.8 Å². The molecule has 0 bridgehead atoms. The topological polar surface area (TPSA) is 53.6 Å². The maximum atomic E-state index is 12.6. The molecule has 0 aliphatic carbocycles. The maximum Gasteiger partial charge on any atom is 0.237 e. The largest absolute Gasteiger partial charge is 0.383 e. The zero-order valence-corrected chi connectivity index (χ0v) is 15.5. The zero-order valence-electron chi connectivity index (χ0n) is 14.7. The molecule has 2 rings (SSSR count). The molecule has 2 atom stereocenters. The molecule has 1 heterocycles. The Balaban J connectivity index is 2.05. The SMILES string of the molecule is COCCNC(=O)[C@@H]1C[C@@H](NC(C)C)CN1Cc1ccccc1Cl. The highest BCUT2D eigenvalue weighted by molar-refractivity contribution is 6.31. The van der Waals surface area contributed by atoms with Crippen LogP contribution in [-0.4, -0.2) is 55.7 Å². The Hall–Kier alpha value is -1.14. The minimum atomic E-state index is -0.144. The number of halogens is 1. The van der Waals surface area contributed by atoms with Crippen LogP contribution >= 0.6 is 11.6 Å². The highest BCUT2D eigenvalue weighted by Gasteiger charge is 2.36. The van der Waals surface area contributed by atoms with Gasteiger partial charge in [0.25, 0.3) is 0 Å². The van der Waals surface area contributed by atoms with Crippen molar-refractivity contribution in [3.05, 3.63) is 34.9 Å². The average Bonchev–Trinajstić information content (AvgIpc) is 2.91. The third-order valence-corrected chi connectivity index (χ3v) is 4.58. The fraction of sp³-hybridized carbons (Fsp3) is 0.611. The highest BCUT2D eigenvalue weighted by atomic mass is 35.5. The first-order valence-electron chi connectivity index (χ1n) is 8.51. The lowest BCUT2D eigenvalue weighted by Gasteiger charge is -2.24. The standard InChI is InChI=1S/C18H28ClN3O2/c1-13(2)21-15-10-17(18(23)20-8-9-24-3)22(12-15)11-14-6-4-5-7-16(14)19/h4-7,13,15,17,21H,8-12H2,1-3H3,(H,20,23)/t15-,17+/m1/s1. The molecule has 2 N–H and O–H groups in total. The summed E-state index contributed by atoms with van der Waals surface area (Å²) in [6.07, 6.45) is 0.807. The van der Waals surface area contributed by atoms with Crippen molar-refractivity contribution >= 4 is 17.5 Å². The van der Waals surface area contributed by atoms with Crippen LogP contribution in [0, 0.1) is 0 Å². The molecule has 0 spiro atoms. The van der Waals surface area contributed by atoms with Gasteiger partial charge in [-0.05, 0) is 18.1 Å². The van der Waals surface area contributed by atoms with E-state index in [9.17, 15) is 4.79 Å². The molecule has 1 aromatic rings. The number of nitrogens with one attached hydrogen (secondary N) is 2. The van der Waals surface area contributed by atoms with E-state index in [-0.39, 0.29) is 11.9 Å². The number of ether oxygens (including phenoxy) is 1. The molecule has 1 amide bonds. The molecule has 0 aromatic heterocycles. The van der Waals surface area contributed by atoms with Gasteiger partial charge in [0, 0.05) is 43.9 Å². The predicted molar refractivity (Wildman–Crippen MR) is 97.2 cm³/mol. The van der Waals surface area contributed by atoms with Crippen molar-refractivity contribution in [3.8, 4) is 0 Å². The van der Waals surface area contributed by atoms with Gasteiger partial charge >= 0.3 is 0 Å². The van der Waals surface area contributed by atoms with E-state index in [1.807, 2.05) is 24.3 Å². The van der Waals surface area contributed by atoms with Gasteiger partial charge in [0.1, 0.15) is 0 Å². The van der Waals surface area contributed by atoms with Crippen molar-refractivity contribution < 1.29 is 9.53 Å². The first-order valence-corrected chi connectivity index (χ1v) is 8.89. The number of rotatable bonds is 8. The molecule has 1 aliphatic rings. The summed E-state index contributed by atoms with van der Waals surface area (Å²) in [5.74, 6) is 0.0622. The number of amides is 1. The van der Waals surface area contributed by atoms with Crippen molar-refractivity contribution in [1.29, 1.82) is 0 Å². The second-order valence-corrected chi connectivity index (χ2v) is 6.98.